The normalized spacial score (nSPS) is 21.7. The zero-order chi connectivity index (χ0) is 32.6. The van der Waals surface area contributed by atoms with Crippen molar-refractivity contribution in [2.24, 2.45) is 5.92 Å². The van der Waals surface area contributed by atoms with Crippen molar-refractivity contribution < 1.29 is 27.3 Å². The number of amides is 2. The second-order valence-electron chi connectivity index (χ2n) is 12.1. The average molecular weight is 667 g/mol. The third kappa shape index (κ3) is 6.61. The molecule has 13 heteroatoms. The Bertz CT molecular complexity index is 1960. The number of hydrogen-bond donors (Lipinski definition) is 3. The third-order valence-corrected chi connectivity index (χ3v) is 9.86. The minimum Gasteiger partial charge on any atom is -0.408 e. The topological polar surface area (TPSA) is 151 Å². The van der Waals surface area contributed by atoms with E-state index in [4.69, 9.17) is 20.9 Å². The van der Waals surface area contributed by atoms with E-state index < -0.39 is 33.6 Å². The van der Waals surface area contributed by atoms with Crippen LogP contribution in [0, 0.1) is 12.8 Å². The fourth-order valence-electron chi connectivity index (χ4n) is 6.89. The maximum absolute atomic E-state index is 14.5. The van der Waals surface area contributed by atoms with Gasteiger partial charge < -0.3 is 9.32 Å². The summed E-state index contributed by atoms with van der Waals surface area (Å²) in [6.07, 6.45) is 4.30. The number of nitrogens with one attached hydrogen (secondary N) is 3. The summed E-state index contributed by atoms with van der Waals surface area (Å²) < 4.78 is 31.8. The summed E-state index contributed by atoms with van der Waals surface area (Å²) in [7, 11) is -3.46. The van der Waals surface area contributed by atoms with Gasteiger partial charge in [-0.3, -0.25) is 19.4 Å². The SMILES string of the molecule is Cc1cc(Cl)ccc1C1[C@H](C(=O)NOCc2ccc3oc(=O)[nH]c3c2)c2ccccc2C(=O)N1[C@H]1CCCC[C@@H]1CNS(C)(=O)=O. The first-order valence-electron chi connectivity index (χ1n) is 15.2. The van der Waals surface area contributed by atoms with Gasteiger partial charge in [-0.05, 0) is 78.3 Å². The maximum Gasteiger partial charge on any atom is 0.417 e. The predicted molar refractivity (Wildman–Crippen MR) is 173 cm³/mol. The number of fused-ring (bicyclic) bond motifs is 2. The zero-order valence-corrected chi connectivity index (χ0v) is 27.0. The van der Waals surface area contributed by atoms with Crippen LogP contribution in [-0.2, 0) is 26.3 Å². The number of rotatable bonds is 9. The highest BCUT2D eigenvalue weighted by molar-refractivity contribution is 7.88. The molecule has 6 rings (SSSR count). The second-order valence-corrected chi connectivity index (χ2v) is 14.3. The lowest BCUT2D eigenvalue weighted by atomic mass is 9.74. The average Bonchev–Trinajstić information content (AvgIpc) is 3.39. The quantitative estimate of drug-likeness (QED) is 0.219. The number of carbonyl (C=O) groups excluding carboxylic acids is 2. The molecule has 2 amide bonds. The molecule has 1 aliphatic carbocycles. The van der Waals surface area contributed by atoms with E-state index in [1.807, 2.05) is 19.1 Å². The third-order valence-electron chi connectivity index (χ3n) is 8.94. The van der Waals surface area contributed by atoms with E-state index >= 15 is 0 Å². The molecule has 46 heavy (non-hydrogen) atoms. The Morgan fingerprint density at radius 2 is 1.85 bits per heavy atom. The number of H-pyrrole nitrogens is 1. The minimum atomic E-state index is -3.46. The fraction of sp³-hybridized carbons (Fsp3) is 0.364. The second kappa shape index (κ2) is 13.0. The van der Waals surface area contributed by atoms with Crippen molar-refractivity contribution in [3.63, 3.8) is 0 Å². The van der Waals surface area contributed by atoms with Gasteiger partial charge in [0.2, 0.25) is 10.0 Å². The monoisotopic (exact) mass is 666 g/mol. The molecule has 0 radical (unpaired) electrons. The maximum atomic E-state index is 14.5. The molecule has 0 saturated heterocycles. The predicted octanol–water partition coefficient (Wildman–Crippen LogP) is 4.72. The molecule has 4 aromatic rings. The van der Waals surface area contributed by atoms with Gasteiger partial charge in [0.25, 0.3) is 11.8 Å². The van der Waals surface area contributed by atoms with E-state index in [2.05, 4.69) is 15.2 Å². The minimum absolute atomic E-state index is 0.0123. The zero-order valence-electron chi connectivity index (χ0n) is 25.4. The molecule has 2 aliphatic rings. The van der Waals surface area contributed by atoms with Gasteiger partial charge in [0.1, 0.15) is 0 Å². The fourth-order valence-corrected chi connectivity index (χ4v) is 7.64. The number of hydrogen-bond acceptors (Lipinski definition) is 7. The van der Waals surface area contributed by atoms with Crippen LogP contribution in [0.1, 0.15) is 70.3 Å². The highest BCUT2D eigenvalue weighted by Crippen LogP contribution is 2.47. The van der Waals surface area contributed by atoms with E-state index in [-0.39, 0.29) is 31.0 Å². The lowest BCUT2D eigenvalue weighted by molar-refractivity contribution is -0.138. The van der Waals surface area contributed by atoms with Crippen LogP contribution in [0.15, 0.2) is 69.9 Å². The summed E-state index contributed by atoms with van der Waals surface area (Å²) >= 11 is 6.35. The van der Waals surface area contributed by atoms with Gasteiger partial charge in [0.05, 0.1) is 30.3 Å². The van der Waals surface area contributed by atoms with Gasteiger partial charge in [0, 0.05) is 23.2 Å². The first-order chi connectivity index (χ1) is 22.0. The molecule has 11 nitrogen and oxygen atoms in total. The van der Waals surface area contributed by atoms with Crippen molar-refractivity contribution in [2.45, 2.75) is 57.2 Å². The van der Waals surface area contributed by atoms with Crippen molar-refractivity contribution in [3.05, 3.63) is 104 Å². The molecule has 242 valence electrons. The van der Waals surface area contributed by atoms with Crippen LogP contribution in [0.2, 0.25) is 5.02 Å². The summed E-state index contributed by atoms with van der Waals surface area (Å²) in [5.41, 5.74) is 6.82. The van der Waals surface area contributed by atoms with Crippen LogP contribution in [0.5, 0.6) is 0 Å². The number of aromatic amines is 1. The number of benzene rings is 3. The Kier molecular flexibility index (Phi) is 9.06. The van der Waals surface area contributed by atoms with E-state index in [1.54, 1.807) is 53.4 Å². The van der Waals surface area contributed by atoms with Gasteiger partial charge in [-0.1, -0.05) is 54.8 Å². The Hall–Kier alpha value is -3.97. The number of aromatic nitrogens is 1. The molecule has 1 fully saturated rings. The first kappa shape index (κ1) is 32.0. The van der Waals surface area contributed by atoms with Crippen molar-refractivity contribution >= 4 is 44.5 Å². The van der Waals surface area contributed by atoms with Gasteiger partial charge in [-0.25, -0.2) is 23.4 Å². The number of hydroxylamine groups is 1. The molecule has 2 heterocycles. The summed E-state index contributed by atoms with van der Waals surface area (Å²) in [5, 5.41) is 0.531. The van der Waals surface area contributed by atoms with Crippen LogP contribution in [0.25, 0.3) is 11.1 Å². The Morgan fingerprint density at radius 3 is 2.63 bits per heavy atom. The van der Waals surface area contributed by atoms with Crippen molar-refractivity contribution in [3.8, 4) is 0 Å². The molecule has 1 aromatic heterocycles. The summed E-state index contributed by atoms with van der Waals surface area (Å²) in [6, 6.07) is 16.5. The molecular weight excluding hydrogens is 632 g/mol. The van der Waals surface area contributed by atoms with Crippen molar-refractivity contribution in [1.82, 2.24) is 20.1 Å². The van der Waals surface area contributed by atoms with E-state index in [0.717, 1.165) is 36.6 Å². The Morgan fingerprint density at radius 1 is 1.07 bits per heavy atom. The molecular formula is C33H35ClN4O7S. The highest BCUT2D eigenvalue weighted by atomic mass is 35.5. The van der Waals surface area contributed by atoms with E-state index in [1.165, 1.54) is 0 Å². The molecule has 0 bridgehead atoms. The lowest BCUT2D eigenvalue weighted by Gasteiger charge is -2.49. The molecule has 1 saturated carbocycles. The Labute approximate surface area is 271 Å². The molecule has 3 aromatic carbocycles. The number of halogens is 1. The van der Waals surface area contributed by atoms with Crippen molar-refractivity contribution in [1.29, 1.82) is 0 Å². The highest BCUT2D eigenvalue weighted by Gasteiger charge is 2.49. The van der Waals surface area contributed by atoms with E-state index in [9.17, 15) is 22.8 Å². The number of nitrogens with zero attached hydrogens (tertiary/aromatic N) is 1. The molecule has 1 unspecified atom stereocenters. The van der Waals surface area contributed by atoms with Crippen LogP contribution < -0.4 is 16.0 Å². The molecule has 1 aliphatic heterocycles. The van der Waals surface area contributed by atoms with Gasteiger partial charge >= 0.3 is 5.76 Å². The van der Waals surface area contributed by atoms with Gasteiger partial charge in [0.15, 0.2) is 5.58 Å². The van der Waals surface area contributed by atoms with Crippen LogP contribution >= 0.6 is 11.6 Å². The van der Waals surface area contributed by atoms with Crippen LogP contribution in [0.3, 0.4) is 0 Å². The largest absolute Gasteiger partial charge is 0.417 e. The lowest BCUT2D eigenvalue weighted by Crippen LogP contribution is -2.55. The number of aryl methyl sites for hydroxylation is 1. The Balaban J connectivity index is 1.38. The summed E-state index contributed by atoms with van der Waals surface area (Å²) in [6.45, 7) is 2.10. The standard InChI is InChI=1S/C33H35ClN4O7S/c1-19-15-22(34)12-13-23(19)30-29(31(39)37-44-18-20-11-14-28-26(16-20)36-33(41)45-28)24-8-4-5-9-25(24)32(40)38(30)27-10-6-3-7-21(27)17-35-46(2,42)43/h4-5,8-9,11-16,21,27,29-30,35H,3,6-7,10,17-18H2,1-2H3,(H,36,41)(H,37,39)/t21-,27+,29-,30?/m1/s1. The van der Waals surface area contributed by atoms with Crippen LogP contribution in [-0.4, -0.2) is 49.0 Å². The number of carbonyl (C=O) groups is 2. The number of sulfonamides is 1. The summed E-state index contributed by atoms with van der Waals surface area (Å²) in [4.78, 5) is 50.4. The summed E-state index contributed by atoms with van der Waals surface area (Å²) in [5.74, 6) is -2.22. The number of oxazole rings is 1. The smallest absolute Gasteiger partial charge is 0.408 e. The van der Waals surface area contributed by atoms with E-state index in [0.29, 0.717) is 39.2 Å². The molecule has 4 atom stereocenters. The molecule has 3 N–H and O–H groups in total. The van der Waals surface area contributed by atoms with Gasteiger partial charge in [-0.15, -0.1) is 0 Å². The van der Waals surface area contributed by atoms with Crippen LogP contribution in [0.4, 0.5) is 0 Å². The van der Waals surface area contributed by atoms with Gasteiger partial charge in [-0.2, -0.15) is 0 Å². The van der Waals surface area contributed by atoms with Crippen molar-refractivity contribution in [2.75, 3.05) is 12.8 Å². The molecule has 0 spiro atoms. The first-order valence-corrected chi connectivity index (χ1v) is 17.4.